The van der Waals surface area contributed by atoms with Crippen molar-refractivity contribution >= 4 is 0 Å². The highest BCUT2D eigenvalue weighted by Crippen LogP contribution is 2.25. The third kappa shape index (κ3) is 6.20. The Morgan fingerprint density at radius 3 is 2.43 bits per heavy atom. The number of aromatic hydroxyl groups is 1. The van der Waals surface area contributed by atoms with Crippen molar-refractivity contribution in [3.05, 3.63) is 52.1 Å². The molecule has 0 saturated carbocycles. The molecular formula is C20H30O. The summed E-state index contributed by atoms with van der Waals surface area (Å²) >= 11 is 0. The molecule has 0 radical (unpaired) electrons. The van der Waals surface area contributed by atoms with Crippen LogP contribution in [0.15, 0.2) is 35.4 Å². The van der Waals surface area contributed by atoms with E-state index in [1.54, 1.807) is 0 Å². The Hall–Kier alpha value is -1.50. The fraction of sp³-hybridized carbons (Fsp3) is 0.500. The van der Waals surface area contributed by atoms with Crippen LogP contribution in [0.25, 0.3) is 0 Å². The molecule has 0 fully saturated rings. The fourth-order valence-electron chi connectivity index (χ4n) is 2.54. The van der Waals surface area contributed by atoms with E-state index in [1.807, 2.05) is 6.07 Å². The molecule has 0 bridgehead atoms. The van der Waals surface area contributed by atoms with Gasteiger partial charge < -0.3 is 5.11 Å². The summed E-state index contributed by atoms with van der Waals surface area (Å²) in [5.41, 5.74) is 6.27. The highest BCUT2D eigenvalue weighted by molar-refractivity contribution is 5.43. The van der Waals surface area contributed by atoms with Crippen molar-refractivity contribution in [2.45, 2.75) is 66.7 Å². The van der Waals surface area contributed by atoms with Gasteiger partial charge in [-0.05, 0) is 70.6 Å². The molecule has 0 atom stereocenters. The lowest BCUT2D eigenvalue weighted by Crippen LogP contribution is -1.93. The molecule has 0 heterocycles. The number of allylic oxidation sites excluding steroid dienone is 4. The topological polar surface area (TPSA) is 20.2 Å². The number of aryl methyl sites for hydroxylation is 2. The Morgan fingerprint density at radius 2 is 1.86 bits per heavy atom. The molecule has 0 aliphatic rings. The van der Waals surface area contributed by atoms with Crippen LogP contribution in [-0.2, 0) is 12.8 Å². The van der Waals surface area contributed by atoms with E-state index >= 15 is 0 Å². The normalized spacial score (nSPS) is 11.6. The monoisotopic (exact) mass is 286 g/mol. The maximum Gasteiger partial charge on any atom is 0.119 e. The Balaban J connectivity index is 2.72. The van der Waals surface area contributed by atoms with Crippen molar-refractivity contribution in [1.29, 1.82) is 0 Å². The average molecular weight is 286 g/mol. The molecular weight excluding hydrogens is 256 g/mol. The summed E-state index contributed by atoms with van der Waals surface area (Å²) in [6, 6.07) is 4.14. The summed E-state index contributed by atoms with van der Waals surface area (Å²) in [5, 5.41) is 10.2. The second kappa shape index (κ2) is 8.71. The van der Waals surface area contributed by atoms with Gasteiger partial charge in [0.05, 0.1) is 0 Å². The molecule has 1 rings (SSSR count). The minimum atomic E-state index is 0.451. The molecule has 0 saturated heterocycles. The third-order valence-corrected chi connectivity index (χ3v) is 3.79. The summed E-state index contributed by atoms with van der Waals surface area (Å²) in [5.74, 6) is 0.451. The van der Waals surface area contributed by atoms with Gasteiger partial charge in [0.2, 0.25) is 0 Å². The number of phenols is 1. The van der Waals surface area contributed by atoms with Gasteiger partial charge in [0.1, 0.15) is 5.75 Å². The molecule has 0 spiro atoms. The van der Waals surface area contributed by atoms with Crippen LogP contribution in [0.5, 0.6) is 5.75 Å². The lowest BCUT2D eigenvalue weighted by molar-refractivity contribution is 0.468. The highest BCUT2D eigenvalue weighted by atomic mass is 16.3. The van der Waals surface area contributed by atoms with Crippen molar-refractivity contribution in [3.8, 4) is 5.75 Å². The molecule has 21 heavy (non-hydrogen) atoms. The third-order valence-electron chi connectivity index (χ3n) is 3.79. The van der Waals surface area contributed by atoms with E-state index in [0.717, 1.165) is 37.7 Å². The van der Waals surface area contributed by atoms with Crippen molar-refractivity contribution in [2.24, 2.45) is 0 Å². The van der Waals surface area contributed by atoms with E-state index in [0.29, 0.717) is 5.75 Å². The van der Waals surface area contributed by atoms with Gasteiger partial charge in [-0.1, -0.05) is 42.7 Å². The predicted molar refractivity (Wildman–Crippen MR) is 93.0 cm³/mol. The zero-order chi connectivity index (χ0) is 15.8. The minimum Gasteiger partial charge on any atom is -0.508 e. The van der Waals surface area contributed by atoms with Crippen LogP contribution in [0.3, 0.4) is 0 Å². The summed E-state index contributed by atoms with van der Waals surface area (Å²) in [6.07, 6.45) is 9.70. The number of benzene rings is 1. The maximum atomic E-state index is 10.2. The van der Waals surface area contributed by atoms with E-state index in [-0.39, 0.29) is 0 Å². The van der Waals surface area contributed by atoms with Crippen LogP contribution in [0, 0.1) is 6.92 Å². The number of rotatable bonds is 7. The van der Waals surface area contributed by atoms with E-state index in [1.165, 1.54) is 22.3 Å². The lowest BCUT2D eigenvalue weighted by Gasteiger charge is -2.10. The van der Waals surface area contributed by atoms with Crippen LogP contribution in [0.4, 0.5) is 0 Å². The summed E-state index contributed by atoms with van der Waals surface area (Å²) < 4.78 is 0. The van der Waals surface area contributed by atoms with Crippen LogP contribution in [0.1, 0.15) is 63.6 Å². The second-order valence-corrected chi connectivity index (χ2v) is 6.24. The first-order valence-electron chi connectivity index (χ1n) is 8.04. The second-order valence-electron chi connectivity index (χ2n) is 6.24. The van der Waals surface area contributed by atoms with Gasteiger partial charge >= 0.3 is 0 Å². The lowest BCUT2D eigenvalue weighted by atomic mass is 9.98. The standard InChI is InChI=1S/C20H30O/c1-6-8-18-13-17(5)19(20(21)14-18)12-11-16(4)10-7-9-15(2)3/h9,11,13-14,21H,6-8,10,12H2,1-5H3/b16-11+. The maximum absolute atomic E-state index is 10.2. The van der Waals surface area contributed by atoms with Gasteiger partial charge in [-0.3, -0.25) is 0 Å². The molecule has 0 amide bonds. The Labute approximate surface area is 130 Å². The smallest absolute Gasteiger partial charge is 0.119 e. The molecule has 1 aromatic rings. The molecule has 1 aromatic carbocycles. The number of hydrogen-bond donors (Lipinski definition) is 1. The first-order valence-corrected chi connectivity index (χ1v) is 8.04. The van der Waals surface area contributed by atoms with Crippen molar-refractivity contribution < 1.29 is 5.11 Å². The van der Waals surface area contributed by atoms with Crippen molar-refractivity contribution in [2.75, 3.05) is 0 Å². The van der Waals surface area contributed by atoms with Crippen LogP contribution < -0.4 is 0 Å². The first kappa shape index (κ1) is 17.6. The quantitative estimate of drug-likeness (QED) is 0.620. The largest absolute Gasteiger partial charge is 0.508 e. The van der Waals surface area contributed by atoms with Gasteiger partial charge in [-0.15, -0.1) is 0 Å². The number of phenolic OH excluding ortho intramolecular Hbond substituents is 1. The van der Waals surface area contributed by atoms with E-state index < -0.39 is 0 Å². The zero-order valence-corrected chi connectivity index (χ0v) is 14.3. The molecule has 1 heteroatoms. The Bertz CT molecular complexity index is 494. The minimum absolute atomic E-state index is 0.451. The van der Waals surface area contributed by atoms with Crippen LogP contribution in [-0.4, -0.2) is 5.11 Å². The van der Waals surface area contributed by atoms with E-state index in [9.17, 15) is 5.11 Å². The molecule has 0 aliphatic carbocycles. The Morgan fingerprint density at radius 1 is 1.14 bits per heavy atom. The summed E-state index contributed by atoms with van der Waals surface area (Å²) in [6.45, 7) is 10.7. The van der Waals surface area contributed by atoms with Crippen molar-refractivity contribution in [3.63, 3.8) is 0 Å². The van der Waals surface area contributed by atoms with Crippen molar-refractivity contribution in [1.82, 2.24) is 0 Å². The first-order chi connectivity index (χ1) is 9.93. The Kier molecular flexibility index (Phi) is 7.28. The molecule has 0 aliphatic heterocycles. The van der Waals surface area contributed by atoms with Gasteiger partial charge in [0, 0.05) is 5.56 Å². The van der Waals surface area contributed by atoms with Crippen LogP contribution >= 0.6 is 0 Å². The fourth-order valence-corrected chi connectivity index (χ4v) is 2.54. The average Bonchev–Trinajstić information content (AvgIpc) is 2.37. The predicted octanol–water partition coefficient (Wildman–Crippen LogP) is 5.89. The van der Waals surface area contributed by atoms with Crippen LogP contribution in [0.2, 0.25) is 0 Å². The summed E-state index contributed by atoms with van der Waals surface area (Å²) in [7, 11) is 0. The van der Waals surface area contributed by atoms with Gasteiger partial charge in [0.15, 0.2) is 0 Å². The molecule has 1 nitrogen and oxygen atoms in total. The van der Waals surface area contributed by atoms with Gasteiger partial charge in [0.25, 0.3) is 0 Å². The zero-order valence-electron chi connectivity index (χ0n) is 14.3. The highest BCUT2D eigenvalue weighted by Gasteiger charge is 2.06. The molecule has 0 unspecified atom stereocenters. The SMILES string of the molecule is CCCc1cc(C)c(C/C=C(\C)CCC=C(C)C)c(O)c1. The summed E-state index contributed by atoms with van der Waals surface area (Å²) in [4.78, 5) is 0. The number of hydrogen-bond acceptors (Lipinski definition) is 1. The molecule has 116 valence electrons. The van der Waals surface area contributed by atoms with E-state index in [2.05, 4.69) is 52.8 Å². The molecule has 0 aromatic heterocycles. The molecule has 1 N–H and O–H groups in total. The van der Waals surface area contributed by atoms with E-state index in [4.69, 9.17) is 0 Å². The van der Waals surface area contributed by atoms with Gasteiger partial charge in [-0.2, -0.15) is 0 Å². The van der Waals surface area contributed by atoms with Gasteiger partial charge in [-0.25, -0.2) is 0 Å².